The van der Waals surface area contributed by atoms with Gasteiger partial charge >= 0.3 is 6.09 Å². The van der Waals surface area contributed by atoms with Crippen LogP contribution in [0.4, 0.5) is 15.1 Å². The lowest BCUT2D eigenvalue weighted by Crippen LogP contribution is -2.50. The third-order valence-corrected chi connectivity index (χ3v) is 4.69. The van der Waals surface area contributed by atoms with Crippen LogP contribution in [0.25, 0.3) is 0 Å². The van der Waals surface area contributed by atoms with Gasteiger partial charge in [0.2, 0.25) is 5.95 Å². The smallest absolute Gasteiger partial charge is 0.410 e. The summed E-state index contributed by atoms with van der Waals surface area (Å²) in [7, 11) is 0. The standard InChI is InChI=1S/C15H21FN4O2S/c1-15(2,3)22-14(21)20-8-9-5-10(20)7-19(9)13-17-6-11(16)12(18-13)23-4/h6,9-10H,5,7-8H2,1-4H3/t9-,10-/m1/s1. The van der Waals surface area contributed by atoms with E-state index in [4.69, 9.17) is 4.74 Å². The van der Waals surface area contributed by atoms with Gasteiger partial charge in [0.25, 0.3) is 0 Å². The van der Waals surface area contributed by atoms with Crippen molar-refractivity contribution in [1.29, 1.82) is 0 Å². The van der Waals surface area contributed by atoms with E-state index in [-0.39, 0.29) is 18.2 Å². The summed E-state index contributed by atoms with van der Waals surface area (Å²) in [4.78, 5) is 24.5. The molecule has 6 nitrogen and oxygen atoms in total. The third kappa shape index (κ3) is 3.22. The van der Waals surface area contributed by atoms with Crippen LogP contribution in [0, 0.1) is 5.82 Å². The van der Waals surface area contributed by atoms with Crippen molar-refractivity contribution >= 4 is 23.8 Å². The minimum absolute atomic E-state index is 0.0984. The maximum absolute atomic E-state index is 13.5. The van der Waals surface area contributed by atoms with Gasteiger partial charge in [0.05, 0.1) is 18.3 Å². The zero-order valence-corrected chi connectivity index (χ0v) is 14.6. The number of amides is 1. The van der Waals surface area contributed by atoms with E-state index in [1.165, 1.54) is 18.0 Å². The average Bonchev–Trinajstić information content (AvgIpc) is 3.06. The third-order valence-electron chi connectivity index (χ3n) is 4.02. The van der Waals surface area contributed by atoms with Gasteiger partial charge in [-0.3, -0.25) is 0 Å². The minimum Gasteiger partial charge on any atom is -0.444 e. The molecule has 0 saturated carbocycles. The maximum Gasteiger partial charge on any atom is 0.410 e. The van der Waals surface area contributed by atoms with Gasteiger partial charge in [-0.2, -0.15) is 0 Å². The molecule has 2 aliphatic heterocycles. The van der Waals surface area contributed by atoms with Crippen LogP contribution in [0.15, 0.2) is 11.2 Å². The highest BCUT2D eigenvalue weighted by Crippen LogP contribution is 2.34. The second-order valence-electron chi connectivity index (χ2n) is 6.86. The Hall–Kier alpha value is -1.57. The molecule has 3 rings (SSSR count). The van der Waals surface area contributed by atoms with E-state index in [0.717, 1.165) is 6.42 Å². The van der Waals surface area contributed by atoms with Gasteiger partial charge in [-0.25, -0.2) is 19.2 Å². The van der Waals surface area contributed by atoms with Gasteiger partial charge in [-0.05, 0) is 33.4 Å². The monoisotopic (exact) mass is 340 g/mol. The van der Waals surface area contributed by atoms with E-state index in [2.05, 4.69) is 14.9 Å². The van der Waals surface area contributed by atoms with E-state index in [9.17, 15) is 9.18 Å². The number of piperazine rings is 1. The van der Waals surface area contributed by atoms with Gasteiger partial charge in [0.15, 0.2) is 5.82 Å². The highest BCUT2D eigenvalue weighted by Gasteiger charge is 2.47. The normalized spacial score (nSPS) is 23.5. The number of aromatic nitrogens is 2. The number of thioether (sulfide) groups is 1. The molecule has 126 valence electrons. The Morgan fingerprint density at radius 1 is 1.39 bits per heavy atom. The van der Waals surface area contributed by atoms with Crippen LogP contribution in [0.1, 0.15) is 27.2 Å². The molecule has 23 heavy (non-hydrogen) atoms. The number of carbonyl (C=O) groups is 1. The molecule has 1 aromatic heterocycles. The number of halogens is 1. The molecular weight excluding hydrogens is 319 g/mol. The Bertz CT molecular complexity index is 622. The summed E-state index contributed by atoms with van der Waals surface area (Å²) in [6, 6.07) is 0.258. The van der Waals surface area contributed by atoms with Crippen LogP contribution in [0.2, 0.25) is 0 Å². The molecule has 0 radical (unpaired) electrons. The lowest BCUT2D eigenvalue weighted by molar-refractivity contribution is 0.0214. The van der Waals surface area contributed by atoms with Crippen LogP contribution >= 0.6 is 11.8 Å². The highest BCUT2D eigenvalue weighted by atomic mass is 32.2. The summed E-state index contributed by atoms with van der Waals surface area (Å²) in [5.74, 6) is 0.132. The zero-order chi connectivity index (χ0) is 16.8. The second-order valence-corrected chi connectivity index (χ2v) is 7.65. The molecule has 0 unspecified atom stereocenters. The molecule has 1 aromatic rings. The number of ether oxygens (including phenoxy) is 1. The predicted molar refractivity (Wildman–Crippen MR) is 86.3 cm³/mol. The first-order valence-corrected chi connectivity index (χ1v) is 8.84. The van der Waals surface area contributed by atoms with Crippen LogP contribution in [0.3, 0.4) is 0 Å². The predicted octanol–water partition coefficient (Wildman–Crippen LogP) is 2.54. The molecule has 0 N–H and O–H groups in total. The Morgan fingerprint density at radius 2 is 2.13 bits per heavy atom. The lowest BCUT2D eigenvalue weighted by Gasteiger charge is -2.35. The Labute approximate surface area is 139 Å². The van der Waals surface area contributed by atoms with E-state index in [1.54, 1.807) is 11.2 Å². The SMILES string of the molecule is CSc1nc(N2C[C@H]3C[C@@H]2CN3C(=O)OC(C)(C)C)ncc1F. The number of nitrogens with zero attached hydrogens (tertiary/aromatic N) is 4. The van der Waals surface area contributed by atoms with Gasteiger partial charge in [0.1, 0.15) is 10.6 Å². The van der Waals surface area contributed by atoms with Gasteiger partial charge in [-0.1, -0.05) is 0 Å². The second kappa shape index (κ2) is 5.81. The summed E-state index contributed by atoms with van der Waals surface area (Å²) in [5.41, 5.74) is -0.494. The molecule has 1 amide bonds. The van der Waals surface area contributed by atoms with E-state index in [0.29, 0.717) is 24.1 Å². The van der Waals surface area contributed by atoms with E-state index < -0.39 is 11.4 Å². The number of likely N-dealkylation sites (tertiary alicyclic amines) is 1. The molecule has 3 heterocycles. The van der Waals surface area contributed by atoms with Crippen LogP contribution in [0.5, 0.6) is 0 Å². The average molecular weight is 340 g/mol. The summed E-state index contributed by atoms with van der Waals surface area (Å²) >= 11 is 1.26. The maximum atomic E-state index is 13.5. The minimum atomic E-state index is -0.494. The molecule has 2 bridgehead atoms. The summed E-state index contributed by atoms with van der Waals surface area (Å²) in [6.07, 6.45) is 3.60. The van der Waals surface area contributed by atoms with Crippen LogP contribution in [-0.4, -0.2) is 58.0 Å². The summed E-state index contributed by atoms with van der Waals surface area (Å²) in [5, 5.41) is 0.349. The summed E-state index contributed by atoms with van der Waals surface area (Å²) < 4.78 is 19.0. The molecule has 0 spiro atoms. The van der Waals surface area contributed by atoms with Crippen molar-refractivity contribution < 1.29 is 13.9 Å². The van der Waals surface area contributed by atoms with Crippen LogP contribution < -0.4 is 4.90 Å². The first-order chi connectivity index (χ1) is 10.8. The van der Waals surface area contributed by atoms with Gasteiger partial charge in [0, 0.05) is 13.1 Å². The fraction of sp³-hybridized carbons (Fsp3) is 0.667. The number of hydrogen-bond acceptors (Lipinski definition) is 6. The van der Waals surface area contributed by atoms with Crippen molar-refractivity contribution in [2.24, 2.45) is 0 Å². The zero-order valence-electron chi connectivity index (χ0n) is 13.7. The van der Waals surface area contributed by atoms with Crippen molar-refractivity contribution in [2.45, 2.75) is 49.9 Å². The quantitative estimate of drug-likeness (QED) is 0.609. The van der Waals surface area contributed by atoms with Crippen molar-refractivity contribution in [3.05, 3.63) is 12.0 Å². The molecule has 2 atom stereocenters. The first-order valence-electron chi connectivity index (χ1n) is 7.61. The van der Waals surface area contributed by atoms with Crippen molar-refractivity contribution in [3.63, 3.8) is 0 Å². The highest BCUT2D eigenvalue weighted by molar-refractivity contribution is 7.98. The van der Waals surface area contributed by atoms with Crippen LogP contribution in [-0.2, 0) is 4.74 Å². The number of hydrogen-bond donors (Lipinski definition) is 0. The summed E-state index contributed by atoms with van der Waals surface area (Å²) in [6.45, 7) is 6.84. The number of fused-ring (bicyclic) bond motifs is 2. The Morgan fingerprint density at radius 3 is 2.70 bits per heavy atom. The molecule has 0 aliphatic carbocycles. The number of carbonyl (C=O) groups excluding carboxylic acids is 1. The lowest BCUT2D eigenvalue weighted by atomic mass is 10.2. The Kier molecular flexibility index (Phi) is 4.12. The van der Waals surface area contributed by atoms with E-state index in [1.807, 2.05) is 20.8 Å². The molecule has 2 saturated heterocycles. The molecule has 8 heteroatoms. The van der Waals surface area contributed by atoms with Crippen molar-refractivity contribution in [1.82, 2.24) is 14.9 Å². The number of rotatable bonds is 2. The molecule has 0 aromatic carbocycles. The molecule has 2 aliphatic rings. The molecular formula is C15H21FN4O2S. The topological polar surface area (TPSA) is 58.6 Å². The first kappa shape index (κ1) is 16.3. The van der Waals surface area contributed by atoms with Crippen molar-refractivity contribution in [3.8, 4) is 0 Å². The fourth-order valence-electron chi connectivity index (χ4n) is 3.08. The molecule has 2 fully saturated rings. The van der Waals surface area contributed by atoms with Crippen molar-refractivity contribution in [2.75, 3.05) is 24.2 Å². The number of anilines is 1. The Balaban J connectivity index is 1.70. The fourth-order valence-corrected chi connectivity index (χ4v) is 3.50. The van der Waals surface area contributed by atoms with E-state index >= 15 is 0 Å². The van der Waals surface area contributed by atoms with Gasteiger partial charge in [-0.15, -0.1) is 11.8 Å². The largest absolute Gasteiger partial charge is 0.444 e. The van der Waals surface area contributed by atoms with Gasteiger partial charge < -0.3 is 14.5 Å².